The van der Waals surface area contributed by atoms with Crippen LogP contribution in [0.25, 0.3) is 0 Å². The molecule has 0 aromatic heterocycles. The maximum atomic E-state index is 2.33. The molecule has 0 amide bonds. The Morgan fingerprint density at radius 3 is 1.22 bits per heavy atom. The minimum absolute atomic E-state index is 0.838. The molecular weight excluding hydrogens is 110 g/mol. The quantitative estimate of drug-likeness (QED) is 0.392. The summed E-state index contributed by atoms with van der Waals surface area (Å²) >= 11 is 0. The fraction of sp³-hybridized carbons (Fsp3) is 1.00. The minimum atomic E-state index is 0.838. The van der Waals surface area contributed by atoms with E-state index in [-0.39, 0.29) is 0 Å². The Morgan fingerprint density at radius 2 is 1.22 bits per heavy atom. The molecule has 0 bridgehead atoms. The summed E-state index contributed by atoms with van der Waals surface area (Å²) in [6.45, 7) is 12.1. The number of quaternary nitrogens is 1. The molecule has 1 fully saturated rings. The van der Waals surface area contributed by atoms with Crippen molar-refractivity contribution in [3.05, 3.63) is 0 Å². The van der Waals surface area contributed by atoms with Crippen LogP contribution in [-0.4, -0.2) is 29.7 Å². The zero-order chi connectivity index (χ0) is 7.07. The van der Waals surface area contributed by atoms with Gasteiger partial charge in [-0.1, -0.05) is 0 Å². The molecule has 1 heteroatoms. The fourth-order valence-electron chi connectivity index (χ4n) is 1.74. The first-order valence-corrected chi connectivity index (χ1v) is 3.96. The van der Waals surface area contributed by atoms with Crippen molar-refractivity contribution < 1.29 is 4.48 Å². The van der Waals surface area contributed by atoms with E-state index in [4.69, 9.17) is 0 Å². The van der Waals surface area contributed by atoms with Gasteiger partial charge in [0.15, 0.2) is 0 Å². The third-order valence-electron chi connectivity index (χ3n) is 2.80. The molecule has 0 aromatic rings. The Labute approximate surface area is 58.3 Å². The van der Waals surface area contributed by atoms with E-state index in [9.17, 15) is 0 Å². The monoisotopic (exact) mass is 128 g/mol. The van der Waals surface area contributed by atoms with Gasteiger partial charge in [-0.3, -0.25) is 0 Å². The zero-order valence-corrected chi connectivity index (χ0v) is 7.02. The van der Waals surface area contributed by atoms with Crippen molar-refractivity contribution in [2.75, 3.05) is 13.1 Å². The molecule has 1 aliphatic heterocycles. The van der Waals surface area contributed by atoms with Crippen LogP contribution >= 0.6 is 0 Å². The van der Waals surface area contributed by atoms with Gasteiger partial charge in [0, 0.05) is 0 Å². The van der Waals surface area contributed by atoms with Crippen molar-refractivity contribution in [2.45, 2.75) is 39.8 Å². The number of hydrogen-bond donors (Lipinski definition) is 0. The fourth-order valence-corrected chi connectivity index (χ4v) is 1.74. The van der Waals surface area contributed by atoms with Crippen LogP contribution < -0.4 is 0 Å². The van der Waals surface area contributed by atoms with Gasteiger partial charge >= 0.3 is 0 Å². The zero-order valence-electron chi connectivity index (χ0n) is 7.02. The third kappa shape index (κ3) is 0.983. The van der Waals surface area contributed by atoms with Crippen molar-refractivity contribution in [2.24, 2.45) is 0 Å². The van der Waals surface area contributed by atoms with E-state index in [1.54, 1.807) is 0 Å². The lowest BCUT2D eigenvalue weighted by Crippen LogP contribution is -2.39. The molecular formula is C8H18N+. The smallest absolute Gasteiger partial charge is 0.129 e. The van der Waals surface area contributed by atoms with Gasteiger partial charge in [0.05, 0.1) is 12.1 Å². The molecule has 0 N–H and O–H groups in total. The van der Waals surface area contributed by atoms with Crippen molar-refractivity contribution in [3.63, 3.8) is 0 Å². The summed E-state index contributed by atoms with van der Waals surface area (Å²) in [5.74, 6) is 0. The third-order valence-corrected chi connectivity index (χ3v) is 2.80. The summed E-state index contributed by atoms with van der Waals surface area (Å²) in [6, 6.07) is 1.68. The van der Waals surface area contributed by atoms with E-state index in [1.165, 1.54) is 17.6 Å². The van der Waals surface area contributed by atoms with Gasteiger partial charge in [-0.05, 0) is 27.7 Å². The predicted octanol–water partition coefficient (Wildman–Crippen LogP) is 1.63. The summed E-state index contributed by atoms with van der Waals surface area (Å²) in [5.41, 5.74) is 0. The SMILES string of the molecule is CC(C)[N+]1(C(C)C)CC1. The summed E-state index contributed by atoms with van der Waals surface area (Å²) in [7, 11) is 0. The van der Waals surface area contributed by atoms with E-state index < -0.39 is 0 Å². The normalized spacial score (nSPS) is 23.3. The molecule has 0 unspecified atom stereocenters. The summed E-state index contributed by atoms with van der Waals surface area (Å²) < 4.78 is 1.36. The molecule has 1 nitrogen and oxygen atoms in total. The molecule has 0 atom stereocenters. The molecule has 9 heavy (non-hydrogen) atoms. The Kier molecular flexibility index (Phi) is 1.55. The average Bonchev–Trinajstić information content (AvgIpc) is 2.40. The highest BCUT2D eigenvalue weighted by Gasteiger charge is 2.47. The van der Waals surface area contributed by atoms with Crippen LogP contribution in [0.15, 0.2) is 0 Å². The molecule has 0 saturated carbocycles. The van der Waals surface area contributed by atoms with E-state index >= 15 is 0 Å². The molecule has 0 aliphatic carbocycles. The molecule has 1 saturated heterocycles. The van der Waals surface area contributed by atoms with Gasteiger partial charge in [-0.15, -0.1) is 0 Å². The second-order valence-corrected chi connectivity index (χ2v) is 3.74. The predicted molar refractivity (Wildman–Crippen MR) is 40.3 cm³/mol. The van der Waals surface area contributed by atoms with E-state index in [2.05, 4.69) is 27.7 Å². The lowest BCUT2D eigenvalue weighted by molar-refractivity contribution is -0.845. The molecule has 54 valence electrons. The number of nitrogens with zero attached hydrogens (tertiary/aromatic N) is 1. The molecule has 1 heterocycles. The Bertz CT molecular complexity index is 91.1. The summed E-state index contributed by atoms with van der Waals surface area (Å²) in [6.07, 6.45) is 0. The highest BCUT2D eigenvalue weighted by molar-refractivity contribution is 4.63. The first-order valence-electron chi connectivity index (χ1n) is 3.96. The van der Waals surface area contributed by atoms with E-state index in [0.717, 1.165) is 12.1 Å². The van der Waals surface area contributed by atoms with Gasteiger partial charge in [-0.2, -0.15) is 0 Å². The van der Waals surface area contributed by atoms with Gasteiger partial charge in [0.25, 0.3) is 0 Å². The van der Waals surface area contributed by atoms with Crippen LogP contribution in [0.5, 0.6) is 0 Å². The second kappa shape index (κ2) is 1.98. The van der Waals surface area contributed by atoms with Crippen molar-refractivity contribution >= 4 is 0 Å². The standard InChI is InChI=1S/C8H18N/c1-7(2)9(5-6-9)8(3)4/h7-8H,5-6H2,1-4H3/q+1. The van der Waals surface area contributed by atoms with E-state index in [0.29, 0.717) is 0 Å². The van der Waals surface area contributed by atoms with E-state index in [1.807, 2.05) is 0 Å². The highest BCUT2D eigenvalue weighted by atomic mass is 15.5. The van der Waals surface area contributed by atoms with Crippen molar-refractivity contribution in [3.8, 4) is 0 Å². The van der Waals surface area contributed by atoms with Gasteiger partial charge in [0.2, 0.25) is 0 Å². The maximum Gasteiger partial charge on any atom is 0.129 e. The van der Waals surface area contributed by atoms with Crippen LogP contribution in [0, 0.1) is 0 Å². The summed E-state index contributed by atoms with van der Waals surface area (Å²) in [4.78, 5) is 0. The highest BCUT2D eigenvalue weighted by Crippen LogP contribution is 2.29. The average molecular weight is 128 g/mol. The van der Waals surface area contributed by atoms with Crippen LogP contribution in [0.4, 0.5) is 0 Å². The van der Waals surface area contributed by atoms with Gasteiger partial charge < -0.3 is 4.48 Å². The number of hydrogen-bond acceptors (Lipinski definition) is 0. The van der Waals surface area contributed by atoms with Gasteiger partial charge in [0.1, 0.15) is 13.1 Å². The molecule has 1 rings (SSSR count). The van der Waals surface area contributed by atoms with Crippen molar-refractivity contribution in [1.29, 1.82) is 0 Å². The first kappa shape index (κ1) is 7.07. The topological polar surface area (TPSA) is 0 Å². The minimum Gasteiger partial charge on any atom is -0.310 e. The Balaban J connectivity index is 2.52. The van der Waals surface area contributed by atoms with Crippen LogP contribution in [0.3, 0.4) is 0 Å². The molecule has 1 aliphatic rings. The van der Waals surface area contributed by atoms with Crippen LogP contribution in [-0.2, 0) is 0 Å². The van der Waals surface area contributed by atoms with Crippen molar-refractivity contribution in [1.82, 2.24) is 0 Å². The summed E-state index contributed by atoms with van der Waals surface area (Å²) in [5, 5.41) is 0. The lowest BCUT2D eigenvalue weighted by Gasteiger charge is -2.27. The Hall–Kier alpha value is -0.0400. The lowest BCUT2D eigenvalue weighted by atomic mass is 10.2. The van der Waals surface area contributed by atoms with Crippen LogP contribution in [0.2, 0.25) is 0 Å². The number of rotatable bonds is 2. The molecule has 0 aromatic carbocycles. The van der Waals surface area contributed by atoms with Crippen LogP contribution in [0.1, 0.15) is 27.7 Å². The first-order chi connectivity index (χ1) is 4.09. The second-order valence-electron chi connectivity index (χ2n) is 3.74. The molecule has 0 spiro atoms. The Morgan fingerprint density at radius 1 is 0.889 bits per heavy atom. The maximum absolute atomic E-state index is 2.33. The molecule has 0 radical (unpaired) electrons. The van der Waals surface area contributed by atoms with Gasteiger partial charge in [-0.25, -0.2) is 0 Å². The largest absolute Gasteiger partial charge is 0.310 e.